The normalized spacial score (nSPS) is 22.4. The molecule has 1 aliphatic heterocycles. The van der Waals surface area contributed by atoms with Crippen molar-refractivity contribution in [2.75, 3.05) is 13.1 Å². The van der Waals surface area contributed by atoms with E-state index in [4.69, 9.17) is 0 Å². The second kappa shape index (κ2) is 7.79. The van der Waals surface area contributed by atoms with Crippen LogP contribution in [0, 0.1) is 5.41 Å². The molecule has 158 valence electrons. The maximum Gasteiger partial charge on any atom is 0.243 e. The van der Waals surface area contributed by atoms with E-state index >= 15 is 0 Å². The number of carbonyl (C=O) groups is 1. The van der Waals surface area contributed by atoms with Gasteiger partial charge in [-0.05, 0) is 42.4 Å². The Labute approximate surface area is 171 Å². The number of amides is 1. The third kappa shape index (κ3) is 5.15. The number of rotatable bonds is 3. The van der Waals surface area contributed by atoms with Gasteiger partial charge in [-0.15, -0.1) is 0 Å². The Bertz CT molecular complexity index is 790. The van der Waals surface area contributed by atoms with E-state index in [1.54, 1.807) is 12.1 Å². The van der Waals surface area contributed by atoms with Crippen LogP contribution in [0.2, 0.25) is 0 Å². The summed E-state index contributed by atoms with van der Waals surface area (Å²) in [6.45, 7) is 17.0. The van der Waals surface area contributed by atoms with Crippen LogP contribution in [0.25, 0.3) is 0 Å². The highest BCUT2D eigenvalue weighted by Crippen LogP contribution is 2.28. The zero-order valence-electron chi connectivity index (χ0n) is 18.6. The van der Waals surface area contributed by atoms with Gasteiger partial charge in [0.1, 0.15) is 0 Å². The fourth-order valence-electron chi connectivity index (χ4n) is 3.78. The van der Waals surface area contributed by atoms with E-state index in [9.17, 15) is 13.2 Å². The number of benzene rings is 1. The summed E-state index contributed by atoms with van der Waals surface area (Å²) >= 11 is 0. The van der Waals surface area contributed by atoms with E-state index in [-0.39, 0.29) is 28.8 Å². The molecule has 0 aliphatic carbocycles. The van der Waals surface area contributed by atoms with Crippen molar-refractivity contribution in [3.8, 4) is 0 Å². The van der Waals surface area contributed by atoms with Gasteiger partial charge in [0.05, 0.1) is 4.90 Å². The van der Waals surface area contributed by atoms with Crippen molar-refractivity contribution in [2.24, 2.45) is 5.41 Å². The van der Waals surface area contributed by atoms with Crippen LogP contribution in [0.3, 0.4) is 0 Å². The van der Waals surface area contributed by atoms with Gasteiger partial charge in [-0.25, -0.2) is 8.42 Å². The summed E-state index contributed by atoms with van der Waals surface area (Å²) in [6.07, 6.45) is 0.461. The van der Waals surface area contributed by atoms with E-state index in [0.717, 1.165) is 5.56 Å². The first-order valence-electron chi connectivity index (χ1n) is 10.0. The Morgan fingerprint density at radius 3 is 1.82 bits per heavy atom. The molecule has 1 aromatic carbocycles. The SMILES string of the molecule is C[C@@H]1CN(S(=O)(=O)c2ccc(C(C)(C)C)cc2)C[C@H](C)N1C(=O)CC(C)(C)C. The number of sulfonamides is 1. The lowest BCUT2D eigenvalue weighted by molar-refractivity contribution is -0.139. The van der Waals surface area contributed by atoms with E-state index < -0.39 is 10.0 Å². The molecule has 1 fully saturated rings. The first-order valence-corrected chi connectivity index (χ1v) is 11.5. The zero-order valence-corrected chi connectivity index (χ0v) is 19.4. The monoisotopic (exact) mass is 408 g/mol. The Morgan fingerprint density at radius 1 is 0.964 bits per heavy atom. The van der Waals surface area contributed by atoms with Crippen LogP contribution in [0.5, 0.6) is 0 Å². The molecule has 0 radical (unpaired) electrons. The lowest BCUT2D eigenvalue weighted by Gasteiger charge is -2.44. The summed E-state index contributed by atoms with van der Waals surface area (Å²) in [5, 5.41) is 0. The van der Waals surface area contributed by atoms with Crippen molar-refractivity contribution >= 4 is 15.9 Å². The van der Waals surface area contributed by atoms with Crippen LogP contribution in [-0.4, -0.2) is 48.7 Å². The third-order valence-electron chi connectivity index (χ3n) is 5.21. The molecule has 1 aliphatic rings. The van der Waals surface area contributed by atoms with Crippen molar-refractivity contribution in [1.29, 1.82) is 0 Å². The Kier molecular flexibility index (Phi) is 6.37. The Hall–Kier alpha value is -1.40. The Balaban J connectivity index is 2.20. The molecule has 1 aromatic rings. The molecule has 0 spiro atoms. The third-order valence-corrected chi connectivity index (χ3v) is 7.06. The van der Waals surface area contributed by atoms with Crippen LogP contribution >= 0.6 is 0 Å². The van der Waals surface area contributed by atoms with Crippen molar-refractivity contribution in [1.82, 2.24) is 9.21 Å². The highest BCUT2D eigenvalue weighted by atomic mass is 32.2. The second-order valence-corrected chi connectivity index (χ2v) is 12.3. The van der Waals surface area contributed by atoms with Crippen molar-refractivity contribution < 1.29 is 13.2 Å². The highest BCUT2D eigenvalue weighted by Gasteiger charge is 2.39. The average Bonchev–Trinajstić information content (AvgIpc) is 2.51. The minimum Gasteiger partial charge on any atom is -0.335 e. The smallest absolute Gasteiger partial charge is 0.243 e. The molecule has 0 aromatic heterocycles. The number of hydrogen-bond donors (Lipinski definition) is 0. The van der Waals surface area contributed by atoms with Gasteiger partial charge in [-0.1, -0.05) is 53.7 Å². The van der Waals surface area contributed by atoms with Gasteiger partial charge in [0.15, 0.2) is 0 Å². The van der Waals surface area contributed by atoms with Crippen LogP contribution < -0.4 is 0 Å². The molecular weight excluding hydrogens is 372 g/mol. The van der Waals surface area contributed by atoms with E-state index in [1.807, 2.05) is 51.7 Å². The molecular formula is C22H36N2O3S. The molecule has 0 saturated carbocycles. The van der Waals surface area contributed by atoms with Gasteiger partial charge >= 0.3 is 0 Å². The van der Waals surface area contributed by atoms with Gasteiger partial charge < -0.3 is 4.90 Å². The maximum atomic E-state index is 13.2. The molecule has 0 unspecified atom stereocenters. The van der Waals surface area contributed by atoms with Crippen LogP contribution in [0.4, 0.5) is 0 Å². The molecule has 28 heavy (non-hydrogen) atoms. The van der Waals surface area contributed by atoms with Gasteiger partial charge in [-0.2, -0.15) is 4.31 Å². The number of carbonyl (C=O) groups excluding carboxylic acids is 1. The summed E-state index contributed by atoms with van der Waals surface area (Å²) in [7, 11) is -3.58. The number of hydrogen-bond acceptors (Lipinski definition) is 3. The summed E-state index contributed by atoms with van der Waals surface area (Å²) in [6, 6.07) is 6.88. The van der Waals surface area contributed by atoms with Crippen molar-refractivity contribution in [3.63, 3.8) is 0 Å². The fraction of sp³-hybridized carbons (Fsp3) is 0.682. The first kappa shape index (κ1) is 22.9. The predicted octanol–water partition coefficient (Wildman–Crippen LogP) is 4.03. The average molecular weight is 409 g/mol. The van der Waals surface area contributed by atoms with Gasteiger partial charge in [0, 0.05) is 31.6 Å². The summed E-state index contributed by atoms with van der Waals surface area (Å²) in [4.78, 5) is 14.9. The van der Waals surface area contributed by atoms with E-state index in [1.165, 1.54) is 4.31 Å². The molecule has 2 atom stereocenters. The predicted molar refractivity (Wildman–Crippen MR) is 114 cm³/mol. The minimum absolute atomic E-state index is 0.0235. The van der Waals surface area contributed by atoms with E-state index in [2.05, 4.69) is 20.8 Å². The van der Waals surface area contributed by atoms with Gasteiger partial charge in [-0.3, -0.25) is 4.79 Å². The summed E-state index contributed by atoms with van der Waals surface area (Å²) in [5.74, 6) is 0.0964. The second-order valence-electron chi connectivity index (χ2n) is 10.3. The summed E-state index contributed by atoms with van der Waals surface area (Å²) < 4.78 is 27.9. The Morgan fingerprint density at radius 2 is 1.43 bits per heavy atom. The number of nitrogens with zero attached hydrogens (tertiary/aromatic N) is 2. The van der Waals surface area contributed by atoms with Crippen molar-refractivity contribution in [2.45, 2.75) is 84.2 Å². The van der Waals surface area contributed by atoms with Crippen molar-refractivity contribution in [3.05, 3.63) is 29.8 Å². The fourth-order valence-corrected chi connectivity index (χ4v) is 5.39. The minimum atomic E-state index is -3.58. The molecule has 1 saturated heterocycles. The van der Waals surface area contributed by atoms with Crippen LogP contribution in [0.15, 0.2) is 29.2 Å². The standard InChI is InChI=1S/C22H36N2O3S/c1-16-14-23(15-17(2)24(16)20(25)13-21(3,4)5)28(26,27)19-11-9-18(10-12-19)22(6,7)8/h9-12,16-17H,13-15H2,1-8H3/t16-,17+. The number of piperazine rings is 1. The molecule has 6 heteroatoms. The maximum absolute atomic E-state index is 13.2. The molecule has 0 N–H and O–H groups in total. The van der Waals surface area contributed by atoms with Crippen LogP contribution in [0.1, 0.15) is 67.4 Å². The zero-order chi connectivity index (χ0) is 21.5. The van der Waals surface area contributed by atoms with E-state index in [0.29, 0.717) is 24.4 Å². The van der Waals surface area contributed by atoms with Crippen LogP contribution in [-0.2, 0) is 20.2 Å². The lowest BCUT2D eigenvalue weighted by Crippen LogP contribution is -2.60. The first-order chi connectivity index (χ1) is 12.6. The highest BCUT2D eigenvalue weighted by molar-refractivity contribution is 7.89. The molecule has 0 bridgehead atoms. The largest absolute Gasteiger partial charge is 0.335 e. The summed E-state index contributed by atoms with van der Waals surface area (Å²) in [5.41, 5.74) is 0.990. The van der Waals surface area contributed by atoms with Gasteiger partial charge in [0.2, 0.25) is 15.9 Å². The topological polar surface area (TPSA) is 57.7 Å². The molecule has 1 heterocycles. The quantitative estimate of drug-likeness (QED) is 0.759. The molecule has 2 rings (SSSR count). The molecule has 1 amide bonds. The molecule has 5 nitrogen and oxygen atoms in total. The van der Waals surface area contributed by atoms with Gasteiger partial charge in [0.25, 0.3) is 0 Å². The lowest BCUT2D eigenvalue weighted by atomic mass is 9.87.